The molecule has 448 valence electrons. The second-order valence-electron chi connectivity index (χ2n) is 23.6. The zero-order chi connectivity index (χ0) is 56.7. The first-order valence-corrected chi connectivity index (χ1v) is 26.9. The van der Waals surface area contributed by atoms with Crippen molar-refractivity contribution in [1.29, 1.82) is 0 Å². The van der Waals surface area contributed by atoms with Crippen molar-refractivity contribution in [2.45, 2.75) is 231 Å². The molecule has 2 bridgehead atoms. The molecule has 0 aromatic carbocycles. The van der Waals surface area contributed by atoms with Gasteiger partial charge in [-0.15, -0.1) is 0 Å². The van der Waals surface area contributed by atoms with Crippen LogP contribution in [0, 0.1) is 28.1 Å². The molecule has 0 amide bonds. The summed E-state index contributed by atoms with van der Waals surface area (Å²) in [6, 6.07) is 0. The first-order chi connectivity index (χ1) is 36.9. The minimum absolute atomic E-state index is 0.0117. The number of ether oxygens (including phenoxy) is 10. The molecule has 0 unspecified atom stereocenters. The number of carbonyl (C=O) groups excluding carboxylic acids is 1. The van der Waals surface area contributed by atoms with E-state index < -0.39 is 214 Å². The summed E-state index contributed by atoms with van der Waals surface area (Å²) >= 11 is 0. The van der Waals surface area contributed by atoms with Gasteiger partial charge in [-0.1, -0.05) is 19.9 Å². The molecule has 28 nitrogen and oxygen atoms in total. The van der Waals surface area contributed by atoms with Crippen LogP contribution in [0.2, 0.25) is 0 Å². The molecule has 5 heterocycles. The van der Waals surface area contributed by atoms with Crippen LogP contribution in [0.15, 0.2) is 12.2 Å². The van der Waals surface area contributed by atoms with Gasteiger partial charge in [0, 0.05) is 0 Å². The molecule has 1 spiro atoms. The van der Waals surface area contributed by atoms with Gasteiger partial charge in [-0.05, 0) is 86.5 Å². The van der Waals surface area contributed by atoms with E-state index in [1.807, 2.05) is 0 Å². The number of aliphatic hydroxyl groups is 17. The van der Waals surface area contributed by atoms with E-state index in [0.717, 1.165) is 6.42 Å². The molecule has 78 heavy (non-hydrogen) atoms. The fourth-order valence-electron chi connectivity index (χ4n) is 15.0. The minimum Gasteiger partial charge on any atom is -0.432 e. The van der Waals surface area contributed by atoms with Crippen molar-refractivity contribution >= 4 is 5.97 Å². The smallest absolute Gasteiger partial charge is 0.314 e. The molecule has 4 aliphatic carbocycles. The van der Waals surface area contributed by atoms with Crippen molar-refractivity contribution in [3.8, 4) is 0 Å². The summed E-state index contributed by atoms with van der Waals surface area (Å²) < 4.78 is 58.9. The van der Waals surface area contributed by atoms with Crippen molar-refractivity contribution in [3.05, 3.63) is 12.2 Å². The van der Waals surface area contributed by atoms with Gasteiger partial charge in [0.1, 0.15) is 122 Å². The monoisotopic (exact) mass is 1130 g/mol. The maximum absolute atomic E-state index is 14.6. The number of rotatable bonds is 15. The van der Waals surface area contributed by atoms with E-state index in [4.69, 9.17) is 47.4 Å². The van der Waals surface area contributed by atoms with Crippen molar-refractivity contribution in [2.24, 2.45) is 28.1 Å². The third kappa shape index (κ3) is 10.3. The van der Waals surface area contributed by atoms with Gasteiger partial charge in [0.05, 0.1) is 44.1 Å². The van der Waals surface area contributed by atoms with Gasteiger partial charge < -0.3 is 134 Å². The number of carbonyl (C=O) groups is 1. The molecule has 17 N–H and O–H groups in total. The summed E-state index contributed by atoms with van der Waals surface area (Å²) in [5.41, 5.74) is -2.49. The summed E-state index contributed by atoms with van der Waals surface area (Å²) in [5.74, 6) is -0.988. The lowest BCUT2D eigenvalue weighted by atomic mass is 9.41. The van der Waals surface area contributed by atoms with Gasteiger partial charge in [-0.2, -0.15) is 0 Å². The Morgan fingerprint density at radius 2 is 0.897 bits per heavy atom. The molecule has 31 atom stereocenters. The molecule has 5 saturated heterocycles. The summed E-state index contributed by atoms with van der Waals surface area (Å²) in [4.78, 5) is 14.6. The molecular weight excluding hydrogens is 1050 g/mol. The van der Waals surface area contributed by atoms with Gasteiger partial charge in [0.25, 0.3) is 0 Å². The highest BCUT2D eigenvalue weighted by Gasteiger charge is 2.70. The second-order valence-corrected chi connectivity index (χ2v) is 23.6. The van der Waals surface area contributed by atoms with Crippen molar-refractivity contribution in [1.82, 2.24) is 0 Å². The Kier molecular flexibility index (Phi) is 18.2. The van der Waals surface area contributed by atoms with Crippen LogP contribution in [0.5, 0.6) is 0 Å². The average molecular weight is 1130 g/mol. The van der Waals surface area contributed by atoms with E-state index in [2.05, 4.69) is 13.5 Å². The Morgan fingerprint density at radius 3 is 1.41 bits per heavy atom. The Balaban J connectivity index is 0.878. The van der Waals surface area contributed by atoms with E-state index in [1.165, 1.54) is 0 Å². The van der Waals surface area contributed by atoms with Gasteiger partial charge in [-0.3, -0.25) is 4.79 Å². The maximum atomic E-state index is 14.6. The Hall–Kier alpha value is -1.83. The second kappa shape index (κ2) is 23.3. The zero-order valence-electron chi connectivity index (χ0n) is 43.3. The molecule has 0 aromatic rings. The Bertz CT molecular complexity index is 2070. The van der Waals surface area contributed by atoms with E-state index in [9.17, 15) is 91.6 Å². The topological polar surface area (TPSA) is 453 Å². The average Bonchev–Trinajstić information content (AvgIpc) is 3.65. The largest absolute Gasteiger partial charge is 0.432 e. The summed E-state index contributed by atoms with van der Waals surface area (Å²) in [6.45, 7) is 4.41. The van der Waals surface area contributed by atoms with Crippen LogP contribution in [-0.4, -0.2) is 285 Å². The van der Waals surface area contributed by atoms with Crippen molar-refractivity contribution < 1.29 is 139 Å². The van der Waals surface area contributed by atoms with Crippen LogP contribution in [0.1, 0.15) is 71.6 Å². The normalized spacial score (nSPS) is 54.5. The Morgan fingerprint density at radius 1 is 0.487 bits per heavy atom. The van der Waals surface area contributed by atoms with Crippen LogP contribution in [0.4, 0.5) is 0 Å². The van der Waals surface area contributed by atoms with Gasteiger partial charge >= 0.3 is 5.97 Å². The Labute approximate surface area is 448 Å². The number of hydrogen-bond acceptors (Lipinski definition) is 28. The quantitative estimate of drug-likeness (QED) is 0.0411. The standard InChI is InChI=1S/C50H80O28/c1-18-11-49-9-5-24-47(2,7-4-8-48(24,3)46(68)77-44-37(67)33(63)39(23(16-55)73-44)75-42-35(65)30(60)27(57)20(13-52)70-42)25(49)6-10-50(18,17-49)78-45-40(31(61)28(58)21(14-53)71-45)76-43-36(66)32(62)38(22(15-54)72-43)74-41-34(64)29(59)26(56)19(12-51)69-41/h19-45,51-67H,1,4-17H2,2-3H3/t19-,20-,21-,22-,23-,24+,25+,26-,27-,28-,29+,30+,31+,32-,33-,34-,35-,36-,37-,38-,39-,40-,41-,42-,43+,44+,45+,47-,48-,49-,50+/m1/s1. The van der Waals surface area contributed by atoms with Crippen LogP contribution in [0.3, 0.4) is 0 Å². The van der Waals surface area contributed by atoms with Gasteiger partial charge in [0.15, 0.2) is 25.2 Å². The lowest BCUT2D eigenvalue weighted by Gasteiger charge is -2.64. The summed E-state index contributed by atoms with van der Waals surface area (Å²) in [6.07, 6.45) is -38.5. The van der Waals surface area contributed by atoms with E-state index in [-0.39, 0.29) is 11.8 Å². The predicted molar refractivity (Wildman–Crippen MR) is 252 cm³/mol. The number of hydrogen-bond donors (Lipinski definition) is 17. The lowest BCUT2D eigenvalue weighted by molar-refractivity contribution is -0.390. The molecule has 4 saturated carbocycles. The summed E-state index contributed by atoms with van der Waals surface area (Å²) in [5, 5.41) is 180. The molecule has 9 rings (SSSR count). The van der Waals surface area contributed by atoms with Crippen LogP contribution < -0.4 is 0 Å². The highest BCUT2D eigenvalue weighted by Crippen LogP contribution is 2.74. The highest BCUT2D eigenvalue weighted by molar-refractivity contribution is 5.77. The zero-order valence-corrected chi connectivity index (χ0v) is 43.3. The molecule has 9 aliphatic rings. The molecule has 9 fully saturated rings. The van der Waals surface area contributed by atoms with E-state index in [1.54, 1.807) is 6.92 Å². The van der Waals surface area contributed by atoms with E-state index >= 15 is 0 Å². The third-order valence-electron chi connectivity index (χ3n) is 19.2. The SMILES string of the molecule is C=C1C[C@@]23CC[C@H]4[C@@](C)(CCC[C@@]4(C)C(=O)O[C@@H]4O[C@H](CO)[C@@H](O[C@H]5O[C@H](CO)[C@@H](O)[C@H](O)[C@H]5O)[C@H](O)[C@H]4O)[C@@H]2CC[C@]1(O[C@@H]1O[C@H](CO)[C@@H](O)[C@H](O)[C@H]1O[C@@H]1O[C@H](CO)[C@@H](O[C@H]2O[C@H](CO)[C@@H](O)[C@H](O)[C@H]2O)[C@H](O)[C@H]1O)C3. The third-order valence-corrected chi connectivity index (χ3v) is 19.2. The number of aliphatic hydroxyl groups excluding tert-OH is 17. The fraction of sp³-hybridized carbons (Fsp3) is 0.940. The first kappa shape index (κ1) is 60.8. The predicted octanol–water partition coefficient (Wildman–Crippen LogP) is -7.29. The van der Waals surface area contributed by atoms with E-state index in [0.29, 0.717) is 56.9 Å². The minimum atomic E-state index is -2.03. The molecule has 28 heteroatoms. The van der Waals surface area contributed by atoms with Gasteiger partial charge in [0.2, 0.25) is 6.29 Å². The van der Waals surface area contributed by atoms with Gasteiger partial charge in [-0.25, -0.2) is 0 Å². The van der Waals surface area contributed by atoms with Crippen molar-refractivity contribution in [2.75, 3.05) is 33.0 Å². The number of fused-ring (bicyclic) bond motifs is 3. The van der Waals surface area contributed by atoms with Crippen molar-refractivity contribution in [3.63, 3.8) is 0 Å². The molecule has 0 radical (unpaired) electrons. The van der Waals surface area contributed by atoms with Crippen LogP contribution in [0.25, 0.3) is 0 Å². The van der Waals surface area contributed by atoms with Crippen LogP contribution >= 0.6 is 0 Å². The lowest BCUT2D eigenvalue weighted by Crippen LogP contribution is -2.67. The number of esters is 1. The van der Waals surface area contributed by atoms with Crippen LogP contribution in [-0.2, 0) is 52.2 Å². The highest BCUT2D eigenvalue weighted by atomic mass is 16.8. The molecule has 0 aromatic heterocycles. The summed E-state index contributed by atoms with van der Waals surface area (Å²) in [7, 11) is 0. The first-order valence-electron chi connectivity index (χ1n) is 26.9. The molecule has 5 aliphatic heterocycles. The fourth-order valence-corrected chi connectivity index (χ4v) is 15.0. The maximum Gasteiger partial charge on any atom is 0.314 e. The molecular formula is C50H80O28.